The lowest BCUT2D eigenvalue weighted by Gasteiger charge is -2.39. The molecule has 10 heteroatoms. The highest BCUT2D eigenvalue weighted by atomic mass is 35.5. The number of halogens is 2. The van der Waals surface area contributed by atoms with Crippen molar-refractivity contribution in [3.05, 3.63) is 53.3 Å². The van der Waals surface area contributed by atoms with Gasteiger partial charge < -0.3 is 10.2 Å². The van der Waals surface area contributed by atoms with Crippen LogP contribution in [0.15, 0.2) is 43.2 Å². The third kappa shape index (κ3) is 3.21. The topological polar surface area (TPSA) is 88.8 Å². The summed E-state index contributed by atoms with van der Waals surface area (Å²) in [5.41, 5.74) is 0.512. The summed E-state index contributed by atoms with van der Waals surface area (Å²) in [5, 5.41) is 7.61. The standard InChI is InChI=1S/C16H13Cl2N7O/c17-11-2-1-3-12(15(11)18)23-16(26)10-5-24(6-10)13-4-14(21-8-20-13)25-9-19-7-22-25/h1-4,7-10H,5-6H2,(H,23,26). The first-order chi connectivity index (χ1) is 12.6. The van der Waals surface area contributed by atoms with Crippen molar-refractivity contribution in [2.24, 2.45) is 5.92 Å². The largest absolute Gasteiger partial charge is 0.355 e. The van der Waals surface area contributed by atoms with E-state index in [9.17, 15) is 4.79 Å². The van der Waals surface area contributed by atoms with E-state index in [4.69, 9.17) is 23.2 Å². The molecule has 26 heavy (non-hydrogen) atoms. The first kappa shape index (κ1) is 16.7. The van der Waals surface area contributed by atoms with E-state index in [1.165, 1.54) is 12.7 Å². The molecule has 1 amide bonds. The Labute approximate surface area is 158 Å². The molecule has 0 atom stereocenters. The van der Waals surface area contributed by atoms with Gasteiger partial charge in [0.15, 0.2) is 5.82 Å². The number of nitrogens with zero attached hydrogens (tertiary/aromatic N) is 6. The smallest absolute Gasteiger partial charge is 0.231 e. The van der Waals surface area contributed by atoms with E-state index < -0.39 is 0 Å². The molecule has 0 radical (unpaired) electrons. The lowest BCUT2D eigenvalue weighted by atomic mass is 9.99. The molecule has 3 aromatic rings. The average Bonchev–Trinajstić information content (AvgIpc) is 3.13. The number of aromatic nitrogens is 5. The predicted molar refractivity (Wildman–Crippen MR) is 97.7 cm³/mol. The van der Waals surface area contributed by atoms with Gasteiger partial charge in [0, 0.05) is 19.2 Å². The van der Waals surface area contributed by atoms with Gasteiger partial charge in [-0.1, -0.05) is 29.3 Å². The normalized spacial score (nSPS) is 14.2. The number of rotatable bonds is 4. The molecule has 1 aliphatic rings. The number of hydrogen-bond donors (Lipinski definition) is 1. The molecule has 1 aromatic carbocycles. The Morgan fingerprint density at radius 3 is 2.73 bits per heavy atom. The molecule has 1 aliphatic heterocycles. The second-order valence-corrected chi connectivity index (χ2v) is 6.55. The van der Waals surface area contributed by atoms with Gasteiger partial charge in [0.2, 0.25) is 5.91 Å². The van der Waals surface area contributed by atoms with Gasteiger partial charge in [0.1, 0.15) is 24.8 Å². The van der Waals surface area contributed by atoms with Crippen molar-refractivity contribution >= 4 is 40.6 Å². The highest BCUT2D eigenvalue weighted by Gasteiger charge is 2.34. The summed E-state index contributed by atoms with van der Waals surface area (Å²) >= 11 is 12.1. The molecule has 1 fully saturated rings. The zero-order valence-corrected chi connectivity index (χ0v) is 14.9. The Kier molecular flexibility index (Phi) is 4.44. The predicted octanol–water partition coefficient (Wildman–Crippen LogP) is 2.44. The summed E-state index contributed by atoms with van der Waals surface area (Å²) in [6.45, 7) is 1.11. The lowest BCUT2D eigenvalue weighted by Crippen LogP contribution is -2.52. The number of amides is 1. The fraction of sp³-hybridized carbons (Fsp3) is 0.188. The van der Waals surface area contributed by atoms with E-state index >= 15 is 0 Å². The van der Waals surface area contributed by atoms with Crippen molar-refractivity contribution in [1.82, 2.24) is 24.7 Å². The van der Waals surface area contributed by atoms with Crippen molar-refractivity contribution in [3.8, 4) is 5.82 Å². The van der Waals surface area contributed by atoms with Crippen LogP contribution in [0.4, 0.5) is 11.5 Å². The van der Waals surface area contributed by atoms with E-state index in [1.54, 1.807) is 35.3 Å². The quantitative estimate of drug-likeness (QED) is 0.736. The maximum absolute atomic E-state index is 12.4. The number of carbonyl (C=O) groups excluding carboxylic acids is 1. The first-order valence-electron chi connectivity index (χ1n) is 7.78. The second kappa shape index (κ2) is 6.89. The third-order valence-corrected chi connectivity index (χ3v) is 4.90. The molecular weight excluding hydrogens is 377 g/mol. The van der Waals surface area contributed by atoms with Crippen LogP contribution in [0.2, 0.25) is 10.0 Å². The highest BCUT2D eigenvalue weighted by molar-refractivity contribution is 6.44. The van der Waals surface area contributed by atoms with Crippen LogP contribution in [0.5, 0.6) is 0 Å². The zero-order valence-electron chi connectivity index (χ0n) is 13.4. The molecule has 0 saturated carbocycles. The monoisotopic (exact) mass is 389 g/mol. The maximum Gasteiger partial charge on any atom is 0.231 e. The van der Waals surface area contributed by atoms with Gasteiger partial charge in [-0.05, 0) is 12.1 Å². The number of benzene rings is 1. The van der Waals surface area contributed by atoms with E-state index in [2.05, 4.69) is 25.4 Å². The van der Waals surface area contributed by atoms with Gasteiger partial charge in [-0.2, -0.15) is 5.10 Å². The van der Waals surface area contributed by atoms with Gasteiger partial charge in [-0.3, -0.25) is 4.79 Å². The molecule has 132 valence electrons. The Bertz CT molecular complexity index is 942. The van der Waals surface area contributed by atoms with Gasteiger partial charge in [-0.25, -0.2) is 19.6 Å². The molecule has 0 spiro atoms. The molecular formula is C16H13Cl2N7O. The molecule has 8 nitrogen and oxygen atoms in total. The van der Waals surface area contributed by atoms with Crippen LogP contribution in [0.1, 0.15) is 0 Å². The van der Waals surface area contributed by atoms with E-state index in [-0.39, 0.29) is 11.8 Å². The van der Waals surface area contributed by atoms with Gasteiger partial charge in [0.25, 0.3) is 0 Å². The highest BCUT2D eigenvalue weighted by Crippen LogP contribution is 2.31. The van der Waals surface area contributed by atoms with Crippen LogP contribution >= 0.6 is 23.2 Å². The summed E-state index contributed by atoms with van der Waals surface area (Å²) < 4.78 is 1.55. The fourth-order valence-electron chi connectivity index (χ4n) is 2.63. The van der Waals surface area contributed by atoms with Crippen LogP contribution in [0.3, 0.4) is 0 Å². The lowest BCUT2D eigenvalue weighted by molar-refractivity contribution is -0.120. The number of nitrogens with one attached hydrogen (secondary N) is 1. The average molecular weight is 390 g/mol. The second-order valence-electron chi connectivity index (χ2n) is 5.77. The van der Waals surface area contributed by atoms with Crippen LogP contribution in [-0.2, 0) is 4.79 Å². The number of anilines is 2. The van der Waals surface area contributed by atoms with Crippen molar-refractivity contribution in [2.45, 2.75) is 0 Å². The minimum Gasteiger partial charge on any atom is -0.355 e. The van der Waals surface area contributed by atoms with Crippen LogP contribution in [-0.4, -0.2) is 43.7 Å². The summed E-state index contributed by atoms with van der Waals surface area (Å²) in [7, 11) is 0. The SMILES string of the molecule is O=C(Nc1cccc(Cl)c1Cl)C1CN(c2cc(-n3cncn3)ncn2)C1. The molecule has 3 heterocycles. The van der Waals surface area contributed by atoms with Crippen LogP contribution in [0.25, 0.3) is 5.82 Å². The van der Waals surface area contributed by atoms with Gasteiger partial charge in [-0.15, -0.1) is 0 Å². The number of hydrogen-bond acceptors (Lipinski definition) is 6. The van der Waals surface area contributed by atoms with E-state index in [1.807, 2.05) is 4.90 Å². The minimum atomic E-state index is -0.158. The molecule has 0 bridgehead atoms. The molecule has 4 rings (SSSR count). The Balaban J connectivity index is 1.40. The van der Waals surface area contributed by atoms with Crippen molar-refractivity contribution in [2.75, 3.05) is 23.3 Å². The summed E-state index contributed by atoms with van der Waals surface area (Å²) in [4.78, 5) is 26.7. The fourth-order valence-corrected chi connectivity index (χ4v) is 2.98. The molecule has 1 N–H and O–H groups in total. The minimum absolute atomic E-state index is 0.101. The van der Waals surface area contributed by atoms with E-state index in [0.717, 1.165) is 5.82 Å². The Morgan fingerprint density at radius 2 is 1.96 bits per heavy atom. The summed E-state index contributed by atoms with van der Waals surface area (Å²) in [6.07, 6.45) is 4.46. The van der Waals surface area contributed by atoms with Gasteiger partial charge in [0.05, 0.1) is 21.7 Å². The van der Waals surface area contributed by atoms with E-state index in [0.29, 0.717) is 34.6 Å². The number of carbonyl (C=O) groups is 1. The zero-order chi connectivity index (χ0) is 18.1. The van der Waals surface area contributed by atoms with Gasteiger partial charge >= 0.3 is 0 Å². The summed E-state index contributed by atoms with van der Waals surface area (Å²) in [6, 6.07) is 6.93. The van der Waals surface area contributed by atoms with Crippen molar-refractivity contribution < 1.29 is 4.79 Å². The Hall–Kier alpha value is -2.71. The summed E-state index contributed by atoms with van der Waals surface area (Å²) in [5.74, 6) is 1.09. The van der Waals surface area contributed by atoms with Crippen molar-refractivity contribution in [1.29, 1.82) is 0 Å². The maximum atomic E-state index is 12.4. The third-order valence-electron chi connectivity index (χ3n) is 4.08. The molecule has 0 aliphatic carbocycles. The molecule has 0 unspecified atom stereocenters. The van der Waals surface area contributed by atoms with Crippen LogP contribution in [0, 0.1) is 5.92 Å². The first-order valence-corrected chi connectivity index (χ1v) is 8.54. The molecule has 2 aromatic heterocycles. The Morgan fingerprint density at radius 1 is 1.15 bits per heavy atom. The van der Waals surface area contributed by atoms with Crippen LogP contribution < -0.4 is 10.2 Å². The van der Waals surface area contributed by atoms with Crippen molar-refractivity contribution in [3.63, 3.8) is 0 Å². The molecule has 1 saturated heterocycles.